The molecule has 0 aliphatic heterocycles. The molecule has 0 radical (unpaired) electrons. The van der Waals surface area contributed by atoms with Gasteiger partial charge in [0, 0.05) is 7.11 Å². The highest BCUT2D eigenvalue weighted by molar-refractivity contribution is 5.09. The Labute approximate surface area is 105 Å². The quantitative estimate of drug-likeness (QED) is 0.791. The fourth-order valence-corrected chi connectivity index (χ4v) is 1.83. The van der Waals surface area contributed by atoms with Crippen molar-refractivity contribution in [2.45, 2.75) is 52.2 Å². The topological polar surface area (TPSA) is 34.4 Å². The van der Waals surface area contributed by atoms with Gasteiger partial charge in [-0.1, -0.05) is 6.92 Å². The fourth-order valence-electron chi connectivity index (χ4n) is 1.83. The van der Waals surface area contributed by atoms with Crippen LogP contribution in [0.4, 0.5) is 0 Å². The smallest absolute Gasteiger partial charge is 0.121 e. The maximum absolute atomic E-state index is 5.69. The molecule has 1 rings (SSSR count). The molecule has 0 amide bonds. The first kappa shape index (κ1) is 14.3. The van der Waals surface area contributed by atoms with Crippen LogP contribution in [0.15, 0.2) is 16.5 Å². The van der Waals surface area contributed by atoms with Crippen LogP contribution in [0.25, 0.3) is 0 Å². The molecule has 17 heavy (non-hydrogen) atoms. The minimum absolute atomic E-state index is 0.0741. The van der Waals surface area contributed by atoms with Gasteiger partial charge in [-0.25, -0.2) is 0 Å². The Morgan fingerprint density at radius 3 is 2.59 bits per heavy atom. The third-order valence-electron chi connectivity index (χ3n) is 3.14. The van der Waals surface area contributed by atoms with E-state index >= 15 is 0 Å². The Kier molecular flexibility index (Phi) is 5.22. The minimum Gasteiger partial charge on any atom is -0.465 e. The van der Waals surface area contributed by atoms with Crippen molar-refractivity contribution in [1.29, 1.82) is 0 Å². The molecule has 1 aromatic rings. The number of rotatable bonds is 7. The summed E-state index contributed by atoms with van der Waals surface area (Å²) in [7, 11) is 1.76. The molecule has 3 nitrogen and oxygen atoms in total. The summed E-state index contributed by atoms with van der Waals surface area (Å²) in [6.07, 6.45) is 2.02. The van der Waals surface area contributed by atoms with Gasteiger partial charge >= 0.3 is 0 Å². The monoisotopic (exact) mass is 239 g/mol. The van der Waals surface area contributed by atoms with Gasteiger partial charge in [-0.15, -0.1) is 0 Å². The molecule has 0 saturated carbocycles. The van der Waals surface area contributed by atoms with E-state index in [1.54, 1.807) is 7.11 Å². The average Bonchev–Trinajstić information content (AvgIpc) is 2.71. The first-order chi connectivity index (χ1) is 7.98. The van der Waals surface area contributed by atoms with Crippen molar-refractivity contribution in [3.8, 4) is 0 Å². The minimum atomic E-state index is -0.0741. The molecular formula is C14H25NO2. The zero-order chi connectivity index (χ0) is 12.9. The van der Waals surface area contributed by atoms with Crippen molar-refractivity contribution < 1.29 is 9.15 Å². The number of hydrogen-bond acceptors (Lipinski definition) is 3. The van der Waals surface area contributed by atoms with E-state index < -0.39 is 0 Å². The largest absolute Gasteiger partial charge is 0.465 e. The van der Waals surface area contributed by atoms with Crippen LogP contribution in [-0.4, -0.2) is 19.3 Å². The van der Waals surface area contributed by atoms with Gasteiger partial charge in [-0.2, -0.15) is 0 Å². The Balaban J connectivity index is 2.61. The molecule has 1 N–H and O–H groups in total. The van der Waals surface area contributed by atoms with Gasteiger partial charge in [-0.05, 0) is 52.3 Å². The second-order valence-electron chi connectivity index (χ2n) is 5.06. The molecule has 3 heteroatoms. The van der Waals surface area contributed by atoms with Gasteiger partial charge in [0.1, 0.15) is 11.5 Å². The predicted octanol–water partition coefficient (Wildman–Crippen LogP) is 3.44. The molecule has 1 unspecified atom stereocenters. The van der Waals surface area contributed by atoms with E-state index in [9.17, 15) is 0 Å². The van der Waals surface area contributed by atoms with E-state index in [1.807, 2.05) is 13.0 Å². The highest BCUT2D eigenvalue weighted by Gasteiger charge is 2.21. The Morgan fingerprint density at radius 1 is 1.41 bits per heavy atom. The van der Waals surface area contributed by atoms with Crippen LogP contribution in [0, 0.1) is 6.92 Å². The normalized spacial score (nSPS) is 13.9. The van der Waals surface area contributed by atoms with Crippen molar-refractivity contribution >= 4 is 0 Å². The van der Waals surface area contributed by atoms with Gasteiger partial charge in [-0.3, -0.25) is 0 Å². The van der Waals surface area contributed by atoms with E-state index in [1.165, 1.54) is 0 Å². The number of furan rings is 1. The number of hydrogen-bond donors (Lipinski definition) is 1. The van der Waals surface area contributed by atoms with Gasteiger partial charge in [0.05, 0.1) is 11.6 Å². The Hall–Kier alpha value is -0.800. The van der Waals surface area contributed by atoms with Crippen LogP contribution in [0.2, 0.25) is 0 Å². The lowest BCUT2D eigenvalue weighted by atomic mass is 9.98. The summed E-state index contributed by atoms with van der Waals surface area (Å²) in [6, 6.07) is 4.35. The standard InChI is InChI=1S/C14H25NO2/c1-6-15-12(9-10-14(3,4)16-5)13-8-7-11(2)17-13/h7-8,12,15H,6,9-10H2,1-5H3. The van der Waals surface area contributed by atoms with E-state index in [-0.39, 0.29) is 11.6 Å². The summed E-state index contributed by atoms with van der Waals surface area (Å²) in [6.45, 7) is 9.26. The van der Waals surface area contributed by atoms with E-state index in [0.717, 1.165) is 30.9 Å². The van der Waals surface area contributed by atoms with Crippen LogP contribution in [0.3, 0.4) is 0 Å². The molecule has 1 atom stereocenters. The molecule has 0 spiro atoms. The molecule has 0 fully saturated rings. The molecule has 98 valence electrons. The summed E-state index contributed by atoms with van der Waals surface area (Å²) in [4.78, 5) is 0. The van der Waals surface area contributed by atoms with Crippen LogP contribution >= 0.6 is 0 Å². The highest BCUT2D eigenvalue weighted by atomic mass is 16.5. The molecule has 0 bridgehead atoms. The number of aryl methyl sites for hydroxylation is 1. The van der Waals surface area contributed by atoms with E-state index in [0.29, 0.717) is 0 Å². The van der Waals surface area contributed by atoms with Gasteiger partial charge < -0.3 is 14.5 Å². The molecule has 0 aromatic carbocycles. The second kappa shape index (κ2) is 6.22. The van der Waals surface area contributed by atoms with Crippen molar-refractivity contribution in [2.24, 2.45) is 0 Å². The first-order valence-electron chi connectivity index (χ1n) is 6.33. The van der Waals surface area contributed by atoms with Gasteiger partial charge in [0.25, 0.3) is 0 Å². The third-order valence-corrected chi connectivity index (χ3v) is 3.14. The number of nitrogens with one attached hydrogen (secondary N) is 1. The van der Waals surface area contributed by atoms with E-state index in [2.05, 4.69) is 32.2 Å². The maximum Gasteiger partial charge on any atom is 0.121 e. The maximum atomic E-state index is 5.69. The second-order valence-corrected chi connectivity index (χ2v) is 5.06. The Morgan fingerprint density at radius 2 is 2.12 bits per heavy atom. The summed E-state index contributed by atoms with van der Waals surface area (Å²) in [5, 5.41) is 3.46. The fraction of sp³-hybridized carbons (Fsp3) is 0.714. The average molecular weight is 239 g/mol. The summed E-state index contributed by atoms with van der Waals surface area (Å²) in [5.74, 6) is 1.99. The Bertz CT molecular complexity index is 331. The molecule has 0 aliphatic carbocycles. The van der Waals surface area contributed by atoms with Crippen LogP contribution < -0.4 is 5.32 Å². The lowest BCUT2D eigenvalue weighted by molar-refractivity contribution is 0.0112. The van der Waals surface area contributed by atoms with Crippen LogP contribution in [0.5, 0.6) is 0 Å². The van der Waals surface area contributed by atoms with Crippen molar-refractivity contribution in [3.05, 3.63) is 23.7 Å². The first-order valence-corrected chi connectivity index (χ1v) is 6.33. The lowest BCUT2D eigenvalue weighted by Crippen LogP contribution is -2.27. The molecular weight excluding hydrogens is 214 g/mol. The zero-order valence-electron chi connectivity index (χ0n) is 11.7. The SMILES string of the molecule is CCNC(CCC(C)(C)OC)c1ccc(C)o1. The van der Waals surface area contributed by atoms with Gasteiger partial charge in [0.2, 0.25) is 0 Å². The molecule has 1 aromatic heterocycles. The molecule has 0 saturated heterocycles. The van der Waals surface area contributed by atoms with Crippen LogP contribution in [-0.2, 0) is 4.74 Å². The third kappa shape index (κ3) is 4.52. The highest BCUT2D eigenvalue weighted by Crippen LogP contribution is 2.25. The molecule has 0 aliphatic rings. The van der Waals surface area contributed by atoms with Crippen LogP contribution in [0.1, 0.15) is 51.2 Å². The van der Waals surface area contributed by atoms with Crippen molar-refractivity contribution in [1.82, 2.24) is 5.32 Å². The van der Waals surface area contributed by atoms with Crippen molar-refractivity contribution in [3.63, 3.8) is 0 Å². The number of methoxy groups -OCH3 is 1. The summed E-state index contributed by atoms with van der Waals surface area (Å²) >= 11 is 0. The number of ether oxygens (including phenoxy) is 1. The summed E-state index contributed by atoms with van der Waals surface area (Å²) in [5.41, 5.74) is -0.0741. The zero-order valence-corrected chi connectivity index (χ0v) is 11.7. The predicted molar refractivity (Wildman–Crippen MR) is 70.2 cm³/mol. The lowest BCUT2D eigenvalue weighted by Gasteiger charge is -2.25. The van der Waals surface area contributed by atoms with E-state index in [4.69, 9.17) is 9.15 Å². The molecule has 1 heterocycles. The van der Waals surface area contributed by atoms with Crippen molar-refractivity contribution in [2.75, 3.05) is 13.7 Å². The van der Waals surface area contributed by atoms with Gasteiger partial charge in [0.15, 0.2) is 0 Å². The summed E-state index contributed by atoms with van der Waals surface area (Å²) < 4.78 is 11.1.